The minimum Gasteiger partial charge on any atom is -0.394 e. The van der Waals surface area contributed by atoms with E-state index in [2.05, 4.69) is 15.1 Å². The van der Waals surface area contributed by atoms with Crippen LogP contribution in [-0.4, -0.2) is 26.8 Å². The van der Waals surface area contributed by atoms with Crippen LogP contribution in [0.15, 0.2) is 34.9 Å². The summed E-state index contributed by atoms with van der Waals surface area (Å²) >= 11 is 0. The lowest BCUT2D eigenvalue weighted by Gasteiger charge is -2.03. The molecule has 1 unspecified atom stereocenters. The van der Waals surface area contributed by atoms with Gasteiger partial charge in [0.15, 0.2) is 0 Å². The van der Waals surface area contributed by atoms with Crippen LogP contribution in [0.2, 0.25) is 0 Å². The molecule has 0 saturated heterocycles. The first kappa shape index (κ1) is 12.7. The molecule has 3 N–H and O–H groups in total. The number of aromatic nitrogens is 3. The maximum Gasteiger partial charge on any atom is 0.246 e. The van der Waals surface area contributed by atoms with Gasteiger partial charge in [0.1, 0.15) is 11.7 Å². The van der Waals surface area contributed by atoms with Gasteiger partial charge in [-0.3, -0.25) is 0 Å². The largest absolute Gasteiger partial charge is 0.394 e. The number of aryl methyl sites for hydroxylation is 1. The van der Waals surface area contributed by atoms with Crippen molar-refractivity contribution in [2.75, 3.05) is 6.61 Å². The van der Waals surface area contributed by atoms with Crippen molar-refractivity contribution in [2.45, 2.75) is 13.0 Å². The van der Waals surface area contributed by atoms with E-state index in [0.717, 1.165) is 16.5 Å². The topological polar surface area (TPSA) is 98.1 Å². The van der Waals surface area contributed by atoms with E-state index >= 15 is 0 Å². The molecule has 0 radical (unpaired) electrons. The first-order chi connectivity index (χ1) is 9.69. The monoisotopic (exact) mass is 270 g/mol. The molecular weight excluding hydrogens is 256 g/mol. The molecular formula is C14H14N4O2. The molecule has 0 aliphatic heterocycles. The van der Waals surface area contributed by atoms with Crippen molar-refractivity contribution in [2.24, 2.45) is 5.73 Å². The molecule has 0 aliphatic carbocycles. The Hall–Kier alpha value is -2.31. The third-order valence-corrected chi connectivity index (χ3v) is 3.11. The van der Waals surface area contributed by atoms with Gasteiger partial charge >= 0.3 is 0 Å². The first-order valence-electron chi connectivity index (χ1n) is 6.26. The molecule has 0 amide bonds. The third kappa shape index (κ3) is 2.15. The van der Waals surface area contributed by atoms with Gasteiger partial charge in [0.2, 0.25) is 11.7 Å². The van der Waals surface area contributed by atoms with Crippen molar-refractivity contribution in [3.63, 3.8) is 0 Å². The Morgan fingerprint density at radius 2 is 2.10 bits per heavy atom. The molecule has 0 fully saturated rings. The number of benzene rings is 1. The molecule has 20 heavy (non-hydrogen) atoms. The Morgan fingerprint density at radius 1 is 1.30 bits per heavy atom. The van der Waals surface area contributed by atoms with E-state index in [-0.39, 0.29) is 12.5 Å². The molecule has 102 valence electrons. The number of para-hydroxylation sites is 1. The van der Waals surface area contributed by atoms with Crippen LogP contribution in [0.4, 0.5) is 0 Å². The molecule has 3 aromatic rings. The van der Waals surface area contributed by atoms with Crippen molar-refractivity contribution in [1.29, 1.82) is 0 Å². The summed E-state index contributed by atoms with van der Waals surface area (Å²) in [5, 5.41) is 13.9. The number of pyridine rings is 1. The third-order valence-electron chi connectivity index (χ3n) is 3.11. The normalized spacial score (nSPS) is 12.8. The Morgan fingerprint density at radius 3 is 2.90 bits per heavy atom. The van der Waals surface area contributed by atoms with Gasteiger partial charge in [-0.25, -0.2) is 4.98 Å². The molecule has 2 aromatic heterocycles. The highest BCUT2D eigenvalue weighted by Gasteiger charge is 2.16. The number of hydrogen-bond donors (Lipinski definition) is 2. The Labute approximate surface area is 115 Å². The zero-order valence-electron chi connectivity index (χ0n) is 10.9. The summed E-state index contributed by atoms with van der Waals surface area (Å²) in [5.74, 6) is 0.577. The summed E-state index contributed by atoms with van der Waals surface area (Å²) in [4.78, 5) is 8.69. The molecule has 0 aliphatic rings. The highest BCUT2D eigenvalue weighted by atomic mass is 16.5. The zero-order chi connectivity index (χ0) is 14.1. The van der Waals surface area contributed by atoms with Gasteiger partial charge in [-0.2, -0.15) is 4.98 Å². The minimum atomic E-state index is -0.669. The number of hydrogen-bond acceptors (Lipinski definition) is 6. The predicted octanol–water partition coefficient (Wildman–Crippen LogP) is 1.59. The van der Waals surface area contributed by atoms with Gasteiger partial charge in [0, 0.05) is 5.39 Å². The van der Waals surface area contributed by atoms with Crippen LogP contribution < -0.4 is 5.73 Å². The summed E-state index contributed by atoms with van der Waals surface area (Å²) in [6.45, 7) is 1.76. The summed E-state index contributed by atoms with van der Waals surface area (Å²) in [7, 11) is 0. The Balaban J connectivity index is 2.08. The lowest BCUT2D eigenvalue weighted by Crippen LogP contribution is -2.14. The molecule has 2 heterocycles. The van der Waals surface area contributed by atoms with Crippen molar-refractivity contribution in [3.8, 4) is 11.5 Å². The fraction of sp³-hybridized carbons (Fsp3) is 0.214. The van der Waals surface area contributed by atoms with Gasteiger partial charge in [-0.15, -0.1) is 0 Å². The molecule has 0 bridgehead atoms. The highest BCUT2D eigenvalue weighted by molar-refractivity contribution is 5.84. The van der Waals surface area contributed by atoms with Crippen molar-refractivity contribution in [1.82, 2.24) is 15.1 Å². The van der Waals surface area contributed by atoms with E-state index in [1.54, 1.807) is 0 Å². The standard InChI is InChI=1S/C14H14N4O2/c1-8-6-12(16-11-5-3-2-4-9(8)11)13-17-14(20-18-13)10(15)7-19/h2-6,10,19H,7,15H2,1H3. The average Bonchev–Trinajstić information content (AvgIpc) is 2.96. The van der Waals surface area contributed by atoms with Crippen LogP contribution in [0, 0.1) is 6.92 Å². The lowest BCUT2D eigenvalue weighted by atomic mass is 10.1. The second kappa shape index (κ2) is 4.99. The maximum atomic E-state index is 8.99. The lowest BCUT2D eigenvalue weighted by molar-refractivity contribution is 0.237. The van der Waals surface area contributed by atoms with Crippen LogP contribution in [0.5, 0.6) is 0 Å². The Kier molecular flexibility index (Phi) is 3.17. The number of aliphatic hydroxyl groups excluding tert-OH is 1. The molecule has 0 saturated carbocycles. The van der Waals surface area contributed by atoms with E-state index in [1.165, 1.54) is 0 Å². The van der Waals surface area contributed by atoms with Gasteiger partial charge in [-0.05, 0) is 24.6 Å². The quantitative estimate of drug-likeness (QED) is 0.750. The van der Waals surface area contributed by atoms with E-state index < -0.39 is 6.04 Å². The molecule has 1 aromatic carbocycles. The van der Waals surface area contributed by atoms with Crippen LogP contribution in [-0.2, 0) is 0 Å². The Bertz CT molecular complexity index is 754. The number of nitrogens with two attached hydrogens (primary N) is 1. The van der Waals surface area contributed by atoms with Crippen molar-refractivity contribution >= 4 is 10.9 Å². The molecule has 6 nitrogen and oxygen atoms in total. The van der Waals surface area contributed by atoms with E-state index in [9.17, 15) is 0 Å². The summed E-state index contributed by atoms with van der Waals surface area (Å²) in [6.07, 6.45) is 0. The van der Waals surface area contributed by atoms with Gasteiger partial charge in [0.25, 0.3) is 0 Å². The fourth-order valence-corrected chi connectivity index (χ4v) is 2.03. The summed E-state index contributed by atoms with van der Waals surface area (Å²) < 4.78 is 5.04. The molecule has 6 heteroatoms. The van der Waals surface area contributed by atoms with Crippen LogP contribution in [0.25, 0.3) is 22.4 Å². The van der Waals surface area contributed by atoms with Gasteiger partial charge in [0.05, 0.1) is 12.1 Å². The number of rotatable bonds is 3. The molecule has 1 atom stereocenters. The van der Waals surface area contributed by atoms with E-state index in [4.69, 9.17) is 15.4 Å². The second-order valence-electron chi connectivity index (χ2n) is 4.59. The van der Waals surface area contributed by atoms with Gasteiger partial charge < -0.3 is 15.4 Å². The average molecular weight is 270 g/mol. The molecule has 3 rings (SSSR count). The highest BCUT2D eigenvalue weighted by Crippen LogP contribution is 2.23. The number of fused-ring (bicyclic) bond motifs is 1. The smallest absolute Gasteiger partial charge is 0.246 e. The second-order valence-corrected chi connectivity index (χ2v) is 4.59. The zero-order valence-corrected chi connectivity index (χ0v) is 10.9. The van der Waals surface area contributed by atoms with E-state index in [1.807, 2.05) is 37.3 Å². The van der Waals surface area contributed by atoms with Crippen LogP contribution in [0.3, 0.4) is 0 Å². The first-order valence-corrected chi connectivity index (χ1v) is 6.26. The van der Waals surface area contributed by atoms with Crippen molar-refractivity contribution in [3.05, 3.63) is 41.8 Å². The number of aliphatic hydroxyl groups is 1. The van der Waals surface area contributed by atoms with Crippen LogP contribution in [0.1, 0.15) is 17.5 Å². The predicted molar refractivity (Wildman–Crippen MR) is 73.8 cm³/mol. The summed E-state index contributed by atoms with van der Waals surface area (Å²) in [6, 6.07) is 9.10. The summed E-state index contributed by atoms with van der Waals surface area (Å²) in [5.41, 5.74) is 8.23. The van der Waals surface area contributed by atoms with E-state index in [0.29, 0.717) is 11.5 Å². The van der Waals surface area contributed by atoms with Crippen LogP contribution >= 0.6 is 0 Å². The van der Waals surface area contributed by atoms with Crippen molar-refractivity contribution < 1.29 is 9.63 Å². The van der Waals surface area contributed by atoms with Gasteiger partial charge in [-0.1, -0.05) is 23.4 Å². The fourth-order valence-electron chi connectivity index (χ4n) is 2.03. The maximum absolute atomic E-state index is 8.99. The molecule has 0 spiro atoms. The SMILES string of the molecule is Cc1cc(-c2noc(C(N)CO)n2)nc2ccccc12. The minimum absolute atomic E-state index is 0.204. The number of nitrogens with zero attached hydrogens (tertiary/aromatic N) is 3.